The van der Waals surface area contributed by atoms with Gasteiger partial charge in [0, 0.05) is 0 Å². The minimum absolute atomic E-state index is 0.0155. The Bertz CT molecular complexity index is 1670. The summed E-state index contributed by atoms with van der Waals surface area (Å²) < 4.78 is 48.5. The number of Topliss-reactive ketones (excluding diaryl/α,β-unsaturated/α-hetero) is 1. The quantitative estimate of drug-likeness (QED) is 0.0989. The van der Waals surface area contributed by atoms with Gasteiger partial charge in [0.25, 0.3) is 0 Å². The van der Waals surface area contributed by atoms with E-state index in [2.05, 4.69) is 0 Å². The molecule has 0 spiro atoms. The molecule has 0 bridgehead atoms. The van der Waals surface area contributed by atoms with E-state index in [0.29, 0.717) is 0 Å². The number of benzene rings is 4. The smallest absolute Gasteiger partial charge is 0.343 e. The van der Waals surface area contributed by atoms with E-state index in [-0.39, 0.29) is 68.2 Å². The van der Waals surface area contributed by atoms with Crippen molar-refractivity contribution in [3.05, 3.63) is 95.1 Å². The van der Waals surface area contributed by atoms with Gasteiger partial charge in [-0.25, -0.2) is 14.4 Å². The standard InChI is InChI=1S/C35H32O13/c1-40-26-15-21(16-27(41-2)31(26)44-5)34(38)47-24-13-10-14-25(30(24)23(36)19-46-33(37)20-11-8-7-9-12-20)48-35(39)22-17-28(42-3)32(45-6)29(18-22)43-4/h7-18H,19H2,1-6H3. The van der Waals surface area contributed by atoms with Gasteiger partial charge in [0.15, 0.2) is 29.6 Å². The summed E-state index contributed by atoms with van der Waals surface area (Å²) in [7, 11) is 8.34. The minimum atomic E-state index is -0.919. The van der Waals surface area contributed by atoms with Crippen LogP contribution >= 0.6 is 0 Å². The predicted molar refractivity (Wildman–Crippen MR) is 170 cm³/mol. The molecule has 4 aromatic carbocycles. The Labute approximate surface area is 275 Å². The lowest BCUT2D eigenvalue weighted by Gasteiger charge is -2.16. The summed E-state index contributed by atoms with van der Waals surface area (Å²) in [5.41, 5.74) is -0.169. The van der Waals surface area contributed by atoms with Crippen molar-refractivity contribution in [2.24, 2.45) is 0 Å². The number of hydrogen-bond acceptors (Lipinski definition) is 13. The summed E-state index contributed by atoms with van der Waals surface area (Å²) in [4.78, 5) is 53.1. The molecule has 0 atom stereocenters. The van der Waals surface area contributed by atoms with Crippen LogP contribution in [0.2, 0.25) is 0 Å². The van der Waals surface area contributed by atoms with Gasteiger partial charge in [0.1, 0.15) is 17.1 Å². The van der Waals surface area contributed by atoms with Crippen LogP contribution in [0.15, 0.2) is 72.8 Å². The van der Waals surface area contributed by atoms with Crippen LogP contribution in [0.5, 0.6) is 46.0 Å². The molecule has 4 aromatic rings. The molecule has 0 aliphatic rings. The molecule has 0 aromatic heterocycles. The molecule has 4 rings (SSSR count). The molecule has 13 nitrogen and oxygen atoms in total. The highest BCUT2D eigenvalue weighted by Gasteiger charge is 2.27. The van der Waals surface area contributed by atoms with E-state index in [4.69, 9.17) is 42.6 Å². The lowest BCUT2D eigenvalue weighted by atomic mass is 10.1. The van der Waals surface area contributed by atoms with E-state index in [1.54, 1.807) is 18.2 Å². The fourth-order valence-electron chi connectivity index (χ4n) is 4.53. The van der Waals surface area contributed by atoms with E-state index >= 15 is 0 Å². The van der Waals surface area contributed by atoms with Crippen molar-refractivity contribution in [2.45, 2.75) is 0 Å². The topological polar surface area (TPSA) is 151 Å². The van der Waals surface area contributed by atoms with E-state index < -0.39 is 30.3 Å². The van der Waals surface area contributed by atoms with Gasteiger partial charge in [-0.05, 0) is 48.5 Å². The molecule has 13 heteroatoms. The predicted octanol–water partition coefficient (Wildman–Crippen LogP) is 5.22. The van der Waals surface area contributed by atoms with E-state index in [0.717, 1.165) is 0 Å². The lowest BCUT2D eigenvalue weighted by Crippen LogP contribution is -2.19. The number of rotatable bonds is 14. The van der Waals surface area contributed by atoms with Crippen molar-refractivity contribution in [3.63, 3.8) is 0 Å². The van der Waals surface area contributed by atoms with Gasteiger partial charge in [0.2, 0.25) is 17.3 Å². The second-order valence-corrected chi connectivity index (χ2v) is 9.60. The minimum Gasteiger partial charge on any atom is -0.493 e. The number of carbonyl (C=O) groups is 4. The Morgan fingerprint density at radius 3 is 1.25 bits per heavy atom. The monoisotopic (exact) mass is 660 g/mol. The van der Waals surface area contributed by atoms with Crippen molar-refractivity contribution in [3.8, 4) is 46.0 Å². The maximum Gasteiger partial charge on any atom is 0.343 e. The molecule has 0 fully saturated rings. The number of hydrogen-bond donors (Lipinski definition) is 0. The Morgan fingerprint density at radius 1 is 0.458 bits per heavy atom. The van der Waals surface area contributed by atoms with Crippen LogP contribution in [0, 0.1) is 0 Å². The molecule has 0 aliphatic carbocycles. The van der Waals surface area contributed by atoms with Crippen LogP contribution in [0.25, 0.3) is 0 Å². The molecule has 0 N–H and O–H groups in total. The molecule has 0 saturated carbocycles. The fraction of sp³-hybridized carbons (Fsp3) is 0.200. The number of ketones is 1. The average Bonchev–Trinajstić information content (AvgIpc) is 3.12. The summed E-state index contributed by atoms with van der Waals surface area (Å²) in [5.74, 6) is -2.80. The Balaban J connectivity index is 1.73. The highest BCUT2D eigenvalue weighted by Crippen LogP contribution is 2.40. The molecular formula is C35H32O13. The SMILES string of the molecule is COc1cc(C(=O)Oc2cccc(OC(=O)c3cc(OC)c(OC)c(OC)c3)c2C(=O)COC(=O)c2ccccc2)cc(OC)c1OC. The second-order valence-electron chi connectivity index (χ2n) is 9.60. The number of esters is 3. The van der Waals surface area contributed by atoms with Gasteiger partial charge in [0.05, 0.1) is 59.3 Å². The Morgan fingerprint density at radius 2 is 0.875 bits per heavy atom. The first-order chi connectivity index (χ1) is 23.2. The summed E-state index contributed by atoms with van der Waals surface area (Å²) in [6.45, 7) is -0.777. The second kappa shape index (κ2) is 15.9. The first-order valence-electron chi connectivity index (χ1n) is 14.1. The van der Waals surface area contributed by atoms with Crippen molar-refractivity contribution < 1.29 is 61.8 Å². The first-order valence-corrected chi connectivity index (χ1v) is 14.1. The molecule has 250 valence electrons. The van der Waals surface area contributed by atoms with Crippen molar-refractivity contribution in [2.75, 3.05) is 49.3 Å². The number of methoxy groups -OCH3 is 6. The maximum absolute atomic E-state index is 13.7. The zero-order chi connectivity index (χ0) is 34.8. The lowest BCUT2D eigenvalue weighted by molar-refractivity contribution is 0.0470. The normalized spacial score (nSPS) is 10.3. The number of ether oxygens (including phenoxy) is 9. The highest BCUT2D eigenvalue weighted by atomic mass is 16.6. The maximum atomic E-state index is 13.7. The van der Waals surface area contributed by atoms with E-state index in [1.165, 1.54) is 97.3 Å². The molecule has 0 heterocycles. The molecule has 0 aliphatic heterocycles. The molecule has 0 unspecified atom stereocenters. The zero-order valence-corrected chi connectivity index (χ0v) is 26.9. The summed E-state index contributed by atoms with van der Waals surface area (Å²) in [6.07, 6.45) is 0. The van der Waals surface area contributed by atoms with E-state index in [9.17, 15) is 19.2 Å². The molecular weight excluding hydrogens is 628 g/mol. The van der Waals surface area contributed by atoms with E-state index in [1.807, 2.05) is 0 Å². The van der Waals surface area contributed by atoms with Crippen molar-refractivity contribution in [1.29, 1.82) is 0 Å². The van der Waals surface area contributed by atoms with Gasteiger partial charge >= 0.3 is 17.9 Å². The zero-order valence-electron chi connectivity index (χ0n) is 26.9. The van der Waals surface area contributed by atoms with Gasteiger partial charge in [-0.1, -0.05) is 24.3 Å². The van der Waals surface area contributed by atoms with Gasteiger partial charge in [-0.2, -0.15) is 0 Å². The Hall–Kier alpha value is -6.24. The summed E-state index contributed by atoms with van der Waals surface area (Å²) in [6, 6.07) is 17.5. The average molecular weight is 661 g/mol. The van der Waals surface area contributed by atoms with Gasteiger partial charge in [-0.3, -0.25) is 4.79 Å². The van der Waals surface area contributed by atoms with Crippen molar-refractivity contribution in [1.82, 2.24) is 0 Å². The van der Waals surface area contributed by atoms with Crippen LogP contribution in [-0.4, -0.2) is 73.0 Å². The number of carbonyl (C=O) groups excluding carboxylic acids is 4. The van der Waals surface area contributed by atoms with Crippen LogP contribution in [0.1, 0.15) is 41.4 Å². The Kier molecular flexibility index (Phi) is 11.4. The van der Waals surface area contributed by atoms with Crippen molar-refractivity contribution >= 4 is 23.7 Å². The third kappa shape index (κ3) is 7.58. The van der Waals surface area contributed by atoms with Crippen LogP contribution in [0.3, 0.4) is 0 Å². The fourth-order valence-corrected chi connectivity index (χ4v) is 4.53. The summed E-state index contributed by atoms with van der Waals surface area (Å²) >= 11 is 0. The molecule has 0 radical (unpaired) electrons. The third-order valence-electron chi connectivity index (χ3n) is 6.82. The molecule has 48 heavy (non-hydrogen) atoms. The third-order valence-corrected chi connectivity index (χ3v) is 6.82. The van der Waals surface area contributed by atoms with Crippen LogP contribution < -0.4 is 37.9 Å². The first kappa shape index (κ1) is 34.6. The summed E-state index contributed by atoms with van der Waals surface area (Å²) in [5, 5.41) is 0. The van der Waals surface area contributed by atoms with Gasteiger partial charge in [-0.15, -0.1) is 0 Å². The largest absolute Gasteiger partial charge is 0.493 e. The van der Waals surface area contributed by atoms with Crippen LogP contribution in [-0.2, 0) is 4.74 Å². The molecule has 0 saturated heterocycles. The molecule has 0 amide bonds. The van der Waals surface area contributed by atoms with Gasteiger partial charge < -0.3 is 42.6 Å². The highest BCUT2D eigenvalue weighted by molar-refractivity contribution is 6.06. The van der Waals surface area contributed by atoms with Crippen LogP contribution in [0.4, 0.5) is 0 Å².